The number of H-pyrrole nitrogens is 1. The van der Waals surface area contributed by atoms with Crippen LogP contribution in [0.25, 0.3) is 10.9 Å². The molecule has 5 rings (SSSR count). The summed E-state index contributed by atoms with van der Waals surface area (Å²) in [5.74, 6) is -0.0743. The molecule has 1 atom stereocenters. The van der Waals surface area contributed by atoms with E-state index in [-0.39, 0.29) is 17.6 Å². The van der Waals surface area contributed by atoms with Gasteiger partial charge < -0.3 is 9.72 Å². The van der Waals surface area contributed by atoms with Crippen LogP contribution in [0.3, 0.4) is 0 Å². The highest BCUT2D eigenvalue weighted by molar-refractivity contribution is 5.85. The molecule has 0 bridgehead atoms. The number of hydrogen-bond donors (Lipinski definition) is 1. The summed E-state index contributed by atoms with van der Waals surface area (Å²) in [6.07, 6.45) is 4.66. The lowest BCUT2D eigenvalue weighted by Crippen LogP contribution is -2.35. The molecule has 2 aromatic heterocycles. The van der Waals surface area contributed by atoms with Gasteiger partial charge in [0.1, 0.15) is 0 Å². The molecule has 0 fully saturated rings. The van der Waals surface area contributed by atoms with Crippen LogP contribution >= 0.6 is 0 Å². The van der Waals surface area contributed by atoms with Crippen LogP contribution in [0.2, 0.25) is 0 Å². The number of methoxy groups -OCH3 is 1. The van der Waals surface area contributed by atoms with Crippen LogP contribution in [-0.4, -0.2) is 28.5 Å². The molecule has 0 aliphatic carbocycles. The molecule has 146 valence electrons. The first kappa shape index (κ1) is 17.9. The molecule has 0 spiro atoms. The number of pyridine rings is 1. The second-order valence-electron chi connectivity index (χ2n) is 7.44. The fourth-order valence-electron chi connectivity index (χ4n) is 4.41. The minimum atomic E-state index is -0.345. The van der Waals surface area contributed by atoms with Gasteiger partial charge in [-0.3, -0.25) is 9.88 Å². The van der Waals surface area contributed by atoms with E-state index in [0.29, 0.717) is 0 Å². The highest BCUT2D eigenvalue weighted by atomic mass is 19.1. The quantitative estimate of drug-likeness (QED) is 0.544. The number of benzene rings is 2. The van der Waals surface area contributed by atoms with Gasteiger partial charge in [-0.2, -0.15) is 0 Å². The fourth-order valence-corrected chi connectivity index (χ4v) is 4.41. The maximum absolute atomic E-state index is 14.1. The predicted molar refractivity (Wildman–Crippen MR) is 111 cm³/mol. The number of nitrogens with zero attached hydrogens (tertiary/aromatic N) is 2. The van der Waals surface area contributed by atoms with Crippen molar-refractivity contribution in [1.29, 1.82) is 0 Å². The lowest BCUT2D eigenvalue weighted by Gasteiger charge is -2.36. The SMILES string of the molecule is COc1cc(C2c3[nH]c4ccccc4c3CCN2Cc2cccnc2)ccc1F. The maximum atomic E-state index is 14.1. The van der Waals surface area contributed by atoms with E-state index in [0.717, 1.165) is 36.2 Å². The first-order valence-electron chi connectivity index (χ1n) is 9.80. The Morgan fingerprint density at radius 3 is 2.90 bits per heavy atom. The fraction of sp³-hybridized carbons (Fsp3) is 0.208. The first-order valence-corrected chi connectivity index (χ1v) is 9.80. The summed E-state index contributed by atoms with van der Waals surface area (Å²) < 4.78 is 19.4. The van der Waals surface area contributed by atoms with Crippen molar-refractivity contribution < 1.29 is 9.13 Å². The summed E-state index contributed by atoms with van der Waals surface area (Å²) in [5, 5.41) is 1.27. The molecule has 0 saturated carbocycles. The number of para-hydroxylation sites is 1. The predicted octanol–water partition coefficient (Wildman–Crippen LogP) is 4.86. The van der Waals surface area contributed by atoms with Crippen molar-refractivity contribution in [2.45, 2.75) is 19.0 Å². The van der Waals surface area contributed by atoms with Crippen LogP contribution in [0.15, 0.2) is 67.0 Å². The van der Waals surface area contributed by atoms with E-state index in [4.69, 9.17) is 4.74 Å². The van der Waals surface area contributed by atoms with Crippen molar-refractivity contribution >= 4 is 10.9 Å². The van der Waals surface area contributed by atoms with E-state index in [1.54, 1.807) is 6.20 Å². The largest absolute Gasteiger partial charge is 0.494 e. The molecular formula is C24H22FN3O. The maximum Gasteiger partial charge on any atom is 0.165 e. The van der Waals surface area contributed by atoms with Gasteiger partial charge in [-0.25, -0.2) is 4.39 Å². The molecule has 0 amide bonds. The molecule has 4 nitrogen and oxygen atoms in total. The number of aromatic nitrogens is 2. The van der Waals surface area contributed by atoms with Gasteiger partial charge in [-0.15, -0.1) is 0 Å². The van der Waals surface area contributed by atoms with E-state index >= 15 is 0 Å². The Bertz CT molecular complexity index is 1160. The topological polar surface area (TPSA) is 41.1 Å². The third-order valence-electron chi connectivity index (χ3n) is 5.73. The van der Waals surface area contributed by atoms with Crippen LogP contribution in [-0.2, 0) is 13.0 Å². The van der Waals surface area contributed by atoms with Gasteiger partial charge >= 0.3 is 0 Å². The summed E-state index contributed by atoms with van der Waals surface area (Å²) >= 11 is 0. The zero-order chi connectivity index (χ0) is 19.8. The number of rotatable bonds is 4. The van der Waals surface area contributed by atoms with Crippen LogP contribution in [0.1, 0.15) is 28.4 Å². The highest BCUT2D eigenvalue weighted by Gasteiger charge is 2.32. The zero-order valence-corrected chi connectivity index (χ0v) is 16.2. The minimum Gasteiger partial charge on any atom is -0.494 e. The smallest absolute Gasteiger partial charge is 0.165 e. The van der Waals surface area contributed by atoms with Crippen molar-refractivity contribution in [3.05, 3.63) is 95.2 Å². The lowest BCUT2D eigenvalue weighted by atomic mass is 9.92. The molecule has 29 heavy (non-hydrogen) atoms. The molecule has 4 aromatic rings. The Labute approximate surface area is 169 Å². The number of ether oxygens (including phenoxy) is 1. The monoisotopic (exact) mass is 387 g/mol. The van der Waals surface area contributed by atoms with E-state index in [9.17, 15) is 4.39 Å². The lowest BCUT2D eigenvalue weighted by molar-refractivity contribution is 0.201. The molecule has 1 unspecified atom stereocenters. The van der Waals surface area contributed by atoms with E-state index in [1.165, 1.54) is 29.8 Å². The first-order chi connectivity index (χ1) is 14.2. The zero-order valence-electron chi connectivity index (χ0n) is 16.2. The molecule has 2 aromatic carbocycles. The standard InChI is InChI=1S/C24H22FN3O/c1-29-22-13-17(8-9-20(22)25)24-23-19(18-6-2-3-7-21(18)27-23)10-12-28(24)15-16-5-4-11-26-14-16/h2-9,11,13-14,24,27H,10,12,15H2,1H3. The summed E-state index contributed by atoms with van der Waals surface area (Å²) in [6.45, 7) is 1.68. The summed E-state index contributed by atoms with van der Waals surface area (Å²) in [6, 6.07) is 17.6. The molecule has 1 N–H and O–H groups in total. The van der Waals surface area contributed by atoms with Crippen LogP contribution in [0, 0.1) is 5.82 Å². The molecule has 0 saturated heterocycles. The van der Waals surface area contributed by atoms with Crippen molar-refractivity contribution in [1.82, 2.24) is 14.9 Å². The third kappa shape index (κ3) is 3.17. The molecule has 0 radical (unpaired) electrons. The minimum absolute atomic E-state index is 0.0131. The second kappa shape index (κ2) is 7.33. The van der Waals surface area contributed by atoms with Crippen molar-refractivity contribution in [3.8, 4) is 5.75 Å². The van der Waals surface area contributed by atoms with Gasteiger partial charge in [-0.05, 0) is 47.4 Å². The van der Waals surface area contributed by atoms with Crippen LogP contribution < -0.4 is 4.74 Å². The van der Waals surface area contributed by atoms with Gasteiger partial charge in [-0.1, -0.05) is 30.3 Å². The van der Waals surface area contributed by atoms with Crippen LogP contribution in [0.4, 0.5) is 4.39 Å². The Kier molecular flexibility index (Phi) is 4.52. The molecule has 3 heterocycles. The van der Waals surface area contributed by atoms with E-state index < -0.39 is 0 Å². The second-order valence-corrected chi connectivity index (χ2v) is 7.44. The number of nitrogens with one attached hydrogen (secondary N) is 1. The summed E-state index contributed by atoms with van der Waals surface area (Å²) in [7, 11) is 1.50. The van der Waals surface area contributed by atoms with Gasteiger partial charge in [0.2, 0.25) is 0 Å². The Morgan fingerprint density at radius 2 is 2.07 bits per heavy atom. The number of halogens is 1. The summed E-state index contributed by atoms with van der Waals surface area (Å²) in [5.41, 5.74) is 5.83. The van der Waals surface area contributed by atoms with E-state index in [1.807, 2.05) is 30.5 Å². The Hall–Kier alpha value is -3.18. The number of aromatic amines is 1. The Balaban J connectivity index is 1.64. The van der Waals surface area contributed by atoms with E-state index in [2.05, 4.69) is 39.1 Å². The summed E-state index contributed by atoms with van der Waals surface area (Å²) in [4.78, 5) is 10.3. The van der Waals surface area contributed by atoms with Gasteiger partial charge in [0.15, 0.2) is 11.6 Å². The van der Waals surface area contributed by atoms with Crippen LogP contribution in [0.5, 0.6) is 5.75 Å². The average Bonchev–Trinajstić information content (AvgIpc) is 3.13. The number of fused-ring (bicyclic) bond motifs is 3. The van der Waals surface area contributed by atoms with Crippen molar-refractivity contribution in [2.75, 3.05) is 13.7 Å². The molecular weight excluding hydrogens is 365 g/mol. The average molecular weight is 387 g/mol. The van der Waals surface area contributed by atoms with Crippen molar-refractivity contribution in [2.24, 2.45) is 0 Å². The van der Waals surface area contributed by atoms with Gasteiger partial charge in [0.25, 0.3) is 0 Å². The molecule has 1 aliphatic heterocycles. The Morgan fingerprint density at radius 1 is 1.17 bits per heavy atom. The normalized spacial score (nSPS) is 16.7. The van der Waals surface area contributed by atoms with Gasteiger partial charge in [0.05, 0.1) is 13.2 Å². The molecule has 5 heteroatoms. The highest BCUT2D eigenvalue weighted by Crippen LogP contribution is 2.40. The third-order valence-corrected chi connectivity index (χ3v) is 5.73. The van der Waals surface area contributed by atoms with Crippen molar-refractivity contribution in [3.63, 3.8) is 0 Å². The number of hydrogen-bond acceptors (Lipinski definition) is 3. The van der Waals surface area contributed by atoms with Gasteiger partial charge in [0, 0.05) is 42.1 Å². The molecule has 1 aliphatic rings.